The first-order valence-electron chi connectivity index (χ1n) is 6.86. The van der Waals surface area contributed by atoms with Gasteiger partial charge in [0.1, 0.15) is 22.4 Å². The lowest BCUT2D eigenvalue weighted by atomic mass is 10.3. The molecule has 0 aliphatic heterocycles. The van der Waals surface area contributed by atoms with Gasteiger partial charge in [-0.25, -0.2) is 9.97 Å². The lowest BCUT2D eigenvalue weighted by Crippen LogP contribution is -2.26. The first-order chi connectivity index (χ1) is 10.0. The molecule has 1 aliphatic rings. The van der Waals surface area contributed by atoms with Crippen molar-refractivity contribution in [1.82, 2.24) is 14.9 Å². The zero-order valence-corrected chi connectivity index (χ0v) is 12.7. The fourth-order valence-corrected chi connectivity index (χ4v) is 2.42. The zero-order chi connectivity index (χ0) is 15.0. The van der Waals surface area contributed by atoms with Gasteiger partial charge in [-0.3, -0.25) is 4.79 Å². The van der Waals surface area contributed by atoms with Gasteiger partial charge in [0.05, 0.1) is 18.9 Å². The second kappa shape index (κ2) is 5.48. The Labute approximate surface area is 127 Å². The number of amides is 1. The third-order valence-electron chi connectivity index (χ3n) is 3.74. The van der Waals surface area contributed by atoms with Crippen LogP contribution in [0.15, 0.2) is 28.9 Å². The van der Waals surface area contributed by atoms with Crippen molar-refractivity contribution in [2.24, 2.45) is 5.92 Å². The largest absolute Gasteiger partial charge is 0.464 e. The van der Waals surface area contributed by atoms with E-state index in [-0.39, 0.29) is 16.8 Å². The predicted octanol–water partition coefficient (Wildman–Crippen LogP) is 3.12. The van der Waals surface area contributed by atoms with E-state index in [1.54, 1.807) is 11.9 Å². The van der Waals surface area contributed by atoms with Gasteiger partial charge >= 0.3 is 0 Å². The van der Waals surface area contributed by atoms with E-state index in [1.165, 1.54) is 18.8 Å². The lowest BCUT2D eigenvalue weighted by molar-refractivity contribution is 0.0768. The summed E-state index contributed by atoms with van der Waals surface area (Å²) in [5, 5.41) is 0.267. The van der Waals surface area contributed by atoms with Crippen molar-refractivity contribution >= 4 is 17.5 Å². The molecular weight excluding hydrogens is 290 g/mol. The van der Waals surface area contributed by atoms with Crippen LogP contribution in [0, 0.1) is 5.92 Å². The van der Waals surface area contributed by atoms with E-state index in [1.807, 2.05) is 12.1 Å². The summed E-state index contributed by atoms with van der Waals surface area (Å²) < 4.78 is 5.80. The molecule has 0 aromatic carbocycles. The Morgan fingerprint density at radius 2 is 2.19 bits per heavy atom. The summed E-state index contributed by atoms with van der Waals surface area (Å²) in [5.74, 6) is 2.83. The van der Waals surface area contributed by atoms with Crippen LogP contribution in [0.2, 0.25) is 5.15 Å². The minimum absolute atomic E-state index is 0.211. The third-order valence-corrected chi connectivity index (χ3v) is 3.93. The number of furan rings is 1. The van der Waals surface area contributed by atoms with Gasteiger partial charge < -0.3 is 9.32 Å². The number of hydrogen-bond acceptors (Lipinski definition) is 4. The molecule has 2 aromatic rings. The number of carbonyl (C=O) groups excluding carboxylic acids is 1. The van der Waals surface area contributed by atoms with E-state index >= 15 is 0 Å². The molecule has 0 bridgehead atoms. The highest BCUT2D eigenvalue weighted by Crippen LogP contribution is 2.47. The Bertz CT molecular complexity index is 653. The molecule has 2 heterocycles. The highest BCUT2D eigenvalue weighted by molar-refractivity contribution is 6.29. The minimum atomic E-state index is -0.211. The molecule has 3 rings (SSSR count). The van der Waals surface area contributed by atoms with Crippen molar-refractivity contribution in [2.45, 2.75) is 25.8 Å². The molecular formula is C15H16ClN3O2. The van der Waals surface area contributed by atoms with Crippen LogP contribution in [0.3, 0.4) is 0 Å². The Morgan fingerprint density at radius 1 is 1.43 bits per heavy atom. The predicted molar refractivity (Wildman–Crippen MR) is 78.1 cm³/mol. The molecule has 0 spiro atoms. The Hall–Kier alpha value is -1.88. The van der Waals surface area contributed by atoms with E-state index in [0.29, 0.717) is 18.4 Å². The van der Waals surface area contributed by atoms with Crippen LogP contribution in [0.4, 0.5) is 0 Å². The molecule has 2 atom stereocenters. The van der Waals surface area contributed by atoms with Gasteiger partial charge in [0, 0.05) is 13.0 Å². The van der Waals surface area contributed by atoms with Gasteiger partial charge in [-0.2, -0.15) is 0 Å². The van der Waals surface area contributed by atoms with E-state index in [4.69, 9.17) is 16.0 Å². The summed E-state index contributed by atoms with van der Waals surface area (Å²) in [6.45, 7) is 2.62. The van der Waals surface area contributed by atoms with Gasteiger partial charge in [-0.05, 0) is 24.5 Å². The second-order valence-corrected chi connectivity index (χ2v) is 5.90. The molecule has 1 fully saturated rings. The molecule has 0 radical (unpaired) electrons. The maximum Gasteiger partial charge on any atom is 0.274 e. The van der Waals surface area contributed by atoms with Crippen LogP contribution in [-0.4, -0.2) is 27.8 Å². The maximum atomic E-state index is 12.2. The summed E-state index contributed by atoms with van der Waals surface area (Å²) in [4.78, 5) is 21.6. The molecule has 1 saturated carbocycles. The van der Waals surface area contributed by atoms with Crippen molar-refractivity contribution in [3.05, 3.63) is 46.9 Å². The summed E-state index contributed by atoms with van der Waals surface area (Å²) in [7, 11) is 1.71. The average Bonchev–Trinajstić information content (AvgIpc) is 3.02. The second-order valence-electron chi connectivity index (χ2n) is 5.51. The van der Waals surface area contributed by atoms with Crippen LogP contribution in [0.1, 0.15) is 41.3 Å². The van der Waals surface area contributed by atoms with Crippen molar-refractivity contribution < 1.29 is 9.21 Å². The number of hydrogen-bond donors (Lipinski definition) is 0. The quantitative estimate of drug-likeness (QED) is 0.871. The SMILES string of the molecule is CC1CC1c1ccc(CN(C)C(=O)c2cnc(Cl)cn2)o1. The van der Waals surface area contributed by atoms with Crippen LogP contribution >= 0.6 is 11.6 Å². The topological polar surface area (TPSA) is 59.2 Å². The van der Waals surface area contributed by atoms with E-state index in [0.717, 1.165) is 11.5 Å². The average molecular weight is 306 g/mol. The summed E-state index contributed by atoms with van der Waals surface area (Å²) in [5.41, 5.74) is 0.268. The number of nitrogens with zero attached hydrogens (tertiary/aromatic N) is 3. The Balaban J connectivity index is 1.65. The van der Waals surface area contributed by atoms with E-state index in [2.05, 4.69) is 16.9 Å². The lowest BCUT2D eigenvalue weighted by Gasteiger charge is -2.14. The Morgan fingerprint density at radius 3 is 2.81 bits per heavy atom. The van der Waals surface area contributed by atoms with Crippen LogP contribution in [0.25, 0.3) is 0 Å². The molecule has 2 unspecified atom stereocenters. The number of aromatic nitrogens is 2. The first-order valence-corrected chi connectivity index (χ1v) is 7.24. The highest BCUT2D eigenvalue weighted by Gasteiger charge is 2.36. The number of halogens is 1. The molecule has 5 nitrogen and oxygen atoms in total. The molecule has 6 heteroatoms. The molecule has 1 amide bonds. The standard InChI is InChI=1S/C15H16ClN3O2/c1-9-5-11(9)13-4-3-10(21-13)8-19(2)15(20)12-6-18-14(16)7-17-12/h3-4,6-7,9,11H,5,8H2,1-2H3. The summed E-state index contributed by atoms with van der Waals surface area (Å²) >= 11 is 5.66. The first kappa shape index (κ1) is 14.1. The fourth-order valence-electron chi connectivity index (χ4n) is 2.32. The Kier molecular flexibility index (Phi) is 3.68. The molecule has 0 saturated heterocycles. The molecule has 0 N–H and O–H groups in total. The highest BCUT2D eigenvalue weighted by atomic mass is 35.5. The van der Waals surface area contributed by atoms with Gasteiger partial charge in [-0.1, -0.05) is 18.5 Å². The van der Waals surface area contributed by atoms with Crippen molar-refractivity contribution in [3.8, 4) is 0 Å². The summed E-state index contributed by atoms with van der Waals surface area (Å²) in [6, 6.07) is 3.93. The van der Waals surface area contributed by atoms with Crippen LogP contribution in [0.5, 0.6) is 0 Å². The molecule has 1 aliphatic carbocycles. The van der Waals surface area contributed by atoms with Crippen LogP contribution < -0.4 is 0 Å². The van der Waals surface area contributed by atoms with Crippen LogP contribution in [-0.2, 0) is 6.54 Å². The number of rotatable bonds is 4. The monoisotopic (exact) mass is 305 g/mol. The fraction of sp³-hybridized carbons (Fsp3) is 0.400. The third kappa shape index (κ3) is 3.08. The zero-order valence-electron chi connectivity index (χ0n) is 11.9. The van der Waals surface area contributed by atoms with Crippen molar-refractivity contribution in [2.75, 3.05) is 7.05 Å². The summed E-state index contributed by atoms with van der Waals surface area (Å²) in [6.07, 6.45) is 3.92. The minimum Gasteiger partial charge on any atom is -0.464 e. The molecule has 110 valence electrons. The van der Waals surface area contributed by atoms with E-state index < -0.39 is 0 Å². The maximum absolute atomic E-state index is 12.2. The normalized spacial score (nSPS) is 20.3. The van der Waals surface area contributed by atoms with Gasteiger partial charge in [-0.15, -0.1) is 0 Å². The van der Waals surface area contributed by atoms with Gasteiger partial charge in [0.2, 0.25) is 0 Å². The van der Waals surface area contributed by atoms with Gasteiger partial charge in [0.25, 0.3) is 5.91 Å². The molecule has 2 aromatic heterocycles. The van der Waals surface area contributed by atoms with Gasteiger partial charge in [0.15, 0.2) is 0 Å². The smallest absolute Gasteiger partial charge is 0.274 e. The van der Waals surface area contributed by atoms with E-state index in [9.17, 15) is 4.79 Å². The van der Waals surface area contributed by atoms with Crippen molar-refractivity contribution in [1.29, 1.82) is 0 Å². The number of carbonyl (C=O) groups is 1. The van der Waals surface area contributed by atoms with Crippen molar-refractivity contribution in [3.63, 3.8) is 0 Å². The molecule has 21 heavy (non-hydrogen) atoms.